The average Bonchev–Trinajstić information content (AvgIpc) is 2.70. The predicted molar refractivity (Wildman–Crippen MR) is 115 cm³/mol. The van der Waals surface area contributed by atoms with Gasteiger partial charge in [-0.15, -0.1) is 0 Å². The number of carbonyl (C=O) groups is 1. The maximum absolute atomic E-state index is 12.4. The van der Waals surface area contributed by atoms with Crippen LogP contribution in [0.15, 0.2) is 48.5 Å². The summed E-state index contributed by atoms with van der Waals surface area (Å²) in [6.07, 6.45) is 3.50. The average molecular weight is 381 g/mol. The van der Waals surface area contributed by atoms with Crippen LogP contribution in [0.5, 0.6) is 5.75 Å². The molecule has 1 heterocycles. The summed E-state index contributed by atoms with van der Waals surface area (Å²) in [5.41, 5.74) is 3.64. The van der Waals surface area contributed by atoms with E-state index in [2.05, 4.69) is 60.5 Å². The van der Waals surface area contributed by atoms with Gasteiger partial charge in [0, 0.05) is 24.8 Å². The number of rotatable bonds is 7. The number of amides is 1. The Hall–Kier alpha value is -2.49. The highest BCUT2D eigenvalue weighted by atomic mass is 16.5. The first-order chi connectivity index (χ1) is 13.5. The maximum atomic E-state index is 12.4. The summed E-state index contributed by atoms with van der Waals surface area (Å²) in [6.45, 7) is 6.37. The van der Waals surface area contributed by atoms with Gasteiger partial charge in [-0.2, -0.15) is 0 Å². The first-order valence-corrected chi connectivity index (χ1v) is 10.3. The lowest BCUT2D eigenvalue weighted by Gasteiger charge is -2.34. The van der Waals surface area contributed by atoms with Gasteiger partial charge in [-0.05, 0) is 60.6 Å². The Kier molecular flexibility index (Phi) is 6.96. The fourth-order valence-electron chi connectivity index (χ4n) is 3.80. The van der Waals surface area contributed by atoms with Crippen molar-refractivity contribution in [3.63, 3.8) is 0 Å². The molecule has 3 rings (SSSR count). The van der Waals surface area contributed by atoms with E-state index in [0.29, 0.717) is 12.3 Å². The first kappa shape index (κ1) is 20.2. The summed E-state index contributed by atoms with van der Waals surface area (Å²) in [7, 11) is 1.68. The number of carbonyl (C=O) groups excluding carboxylic acids is 1. The summed E-state index contributed by atoms with van der Waals surface area (Å²) in [5, 5.41) is 3.22. The van der Waals surface area contributed by atoms with Gasteiger partial charge in [-0.3, -0.25) is 4.79 Å². The third kappa shape index (κ3) is 5.75. The highest BCUT2D eigenvalue weighted by Crippen LogP contribution is 2.23. The summed E-state index contributed by atoms with van der Waals surface area (Å²) < 4.78 is 5.22. The van der Waals surface area contributed by atoms with Gasteiger partial charge < -0.3 is 15.0 Å². The number of piperidine rings is 1. The van der Waals surface area contributed by atoms with E-state index in [1.54, 1.807) is 7.11 Å². The van der Waals surface area contributed by atoms with E-state index < -0.39 is 0 Å². The second-order valence-electron chi connectivity index (χ2n) is 8.12. The molecule has 2 aromatic rings. The molecule has 1 N–H and O–H groups in total. The lowest BCUT2D eigenvalue weighted by atomic mass is 10.0. The smallest absolute Gasteiger partial charge is 0.224 e. The number of methoxy groups -OCH3 is 1. The summed E-state index contributed by atoms with van der Waals surface area (Å²) >= 11 is 0. The number of hydrogen-bond acceptors (Lipinski definition) is 3. The number of nitrogens with one attached hydrogen (secondary N) is 1. The van der Waals surface area contributed by atoms with Crippen LogP contribution >= 0.6 is 0 Å². The molecule has 0 aromatic heterocycles. The lowest BCUT2D eigenvalue weighted by molar-refractivity contribution is -0.121. The molecule has 1 aliphatic heterocycles. The summed E-state index contributed by atoms with van der Waals surface area (Å²) in [4.78, 5) is 14.8. The van der Waals surface area contributed by atoms with E-state index in [9.17, 15) is 4.79 Å². The molecular weight excluding hydrogens is 348 g/mol. The van der Waals surface area contributed by atoms with Crippen LogP contribution in [0.25, 0.3) is 0 Å². The molecule has 1 saturated heterocycles. The third-order valence-electron chi connectivity index (χ3n) is 5.33. The third-order valence-corrected chi connectivity index (χ3v) is 5.33. The van der Waals surface area contributed by atoms with Crippen molar-refractivity contribution in [2.45, 2.75) is 45.6 Å². The van der Waals surface area contributed by atoms with Crippen LogP contribution in [0.3, 0.4) is 0 Å². The van der Waals surface area contributed by atoms with Gasteiger partial charge in [-0.25, -0.2) is 0 Å². The number of ether oxygens (including phenoxy) is 1. The van der Waals surface area contributed by atoms with Crippen molar-refractivity contribution in [3.05, 3.63) is 59.7 Å². The fourth-order valence-corrected chi connectivity index (χ4v) is 3.80. The van der Waals surface area contributed by atoms with Crippen LogP contribution in [0.4, 0.5) is 5.69 Å². The highest BCUT2D eigenvalue weighted by Gasteiger charge is 2.21. The van der Waals surface area contributed by atoms with Gasteiger partial charge in [0.25, 0.3) is 0 Å². The Labute approximate surface area is 168 Å². The van der Waals surface area contributed by atoms with Crippen molar-refractivity contribution in [1.82, 2.24) is 5.32 Å². The molecule has 1 fully saturated rings. The van der Waals surface area contributed by atoms with Crippen molar-refractivity contribution < 1.29 is 9.53 Å². The molecular formula is C24H32N2O2. The largest absolute Gasteiger partial charge is 0.497 e. The zero-order valence-electron chi connectivity index (χ0n) is 17.3. The molecule has 4 nitrogen and oxygen atoms in total. The van der Waals surface area contributed by atoms with Gasteiger partial charge in [-0.1, -0.05) is 38.1 Å². The normalized spacial score (nSPS) is 14.9. The Morgan fingerprint density at radius 2 is 1.64 bits per heavy atom. The minimum Gasteiger partial charge on any atom is -0.497 e. The van der Waals surface area contributed by atoms with E-state index >= 15 is 0 Å². The number of anilines is 1. The predicted octanol–water partition coefficient (Wildman–Crippen LogP) is 4.22. The molecule has 28 heavy (non-hydrogen) atoms. The lowest BCUT2D eigenvalue weighted by Crippen LogP contribution is -2.45. The molecule has 0 radical (unpaired) electrons. The topological polar surface area (TPSA) is 41.6 Å². The second kappa shape index (κ2) is 9.63. The number of nitrogens with zero attached hydrogens (tertiary/aromatic N) is 1. The Balaban J connectivity index is 1.44. The van der Waals surface area contributed by atoms with Gasteiger partial charge in [0.05, 0.1) is 13.5 Å². The van der Waals surface area contributed by atoms with Gasteiger partial charge in [0.1, 0.15) is 5.75 Å². The summed E-state index contributed by atoms with van der Waals surface area (Å²) in [6, 6.07) is 16.9. The molecule has 1 amide bonds. The zero-order chi connectivity index (χ0) is 19.9. The van der Waals surface area contributed by atoms with Crippen molar-refractivity contribution >= 4 is 11.6 Å². The van der Waals surface area contributed by atoms with Crippen LogP contribution in [-0.2, 0) is 17.6 Å². The molecule has 0 bridgehead atoms. The van der Waals surface area contributed by atoms with Crippen LogP contribution in [0, 0.1) is 5.92 Å². The molecule has 150 valence electrons. The van der Waals surface area contributed by atoms with E-state index in [1.165, 1.54) is 11.3 Å². The summed E-state index contributed by atoms with van der Waals surface area (Å²) in [5.74, 6) is 1.65. The van der Waals surface area contributed by atoms with Crippen molar-refractivity contribution in [3.8, 4) is 5.75 Å². The Morgan fingerprint density at radius 1 is 1.04 bits per heavy atom. The monoisotopic (exact) mass is 380 g/mol. The Morgan fingerprint density at radius 3 is 2.21 bits per heavy atom. The maximum Gasteiger partial charge on any atom is 0.224 e. The first-order valence-electron chi connectivity index (χ1n) is 10.3. The molecule has 0 atom stereocenters. The van der Waals surface area contributed by atoms with Gasteiger partial charge >= 0.3 is 0 Å². The fraction of sp³-hybridized carbons (Fsp3) is 0.458. The molecule has 0 spiro atoms. The quantitative estimate of drug-likeness (QED) is 0.782. The van der Waals surface area contributed by atoms with E-state index in [0.717, 1.165) is 43.7 Å². The standard InChI is InChI=1S/C24H32N2O2/c1-18(2)16-19-4-6-20(7-5-19)17-24(27)25-21-12-14-26(15-13-21)22-8-10-23(28-3)11-9-22/h4-11,18,21H,12-17H2,1-3H3,(H,25,27). The zero-order valence-corrected chi connectivity index (χ0v) is 17.3. The van der Waals surface area contributed by atoms with Crippen LogP contribution in [0.2, 0.25) is 0 Å². The van der Waals surface area contributed by atoms with Gasteiger partial charge in [0.15, 0.2) is 0 Å². The molecule has 0 unspecified atom stereocenters. The second-order valence-corrected chi connectivity index (χ2v) is 8.12. The minimum atomic E-state index is 0.125. The van der Waals surface area contributed by atoms with Crippen molar-refractivity contribution in [1.29, 1.82) is 0 Å². The van der Waals surface area contributed by atoms with Crippen LogP contribution in [-0.4, -0.2) is 32.1 Å². The SMILES string of the molecule is COc1ccc(N2CCC(NC(=O)Cc3ccc(CC(C)C)cc3)CC2)cc1. The number of benzene rings is 2. The molecule has 4 heteroatoms. The molecule has 0 aliphatic carbocycles. The minimum absolute atomic E-state index is 0.125. The molecule has 0 saturated carbocycles. The number of hydrogen-bond donors (Lipinski definition) is 1. The Bertz CT molecular complexity index is 745. The van der Waals surface area contributed by atoms with Crippen LogP contribution in [0.1, 0.15) is 37.8 Å². The molecule has 1 aliphatic rings. The van der Waals surface area contributed by atoms with Crippen molar-refractivity contribution in [2.75, 3.05) is 25.1 Å². The highest BCUT2D eigenvalue weighted by molar-refractivity contribution is 5.78. The van der Waals surface area contributed by atoms with E-state index in [1.807, 2.05) is 12.1 Å². The van der Waals surface area contributed by atoms with Crippen LogP contribution < -0.4 is 15.0 Å². The van der Waals surface area contributed by atoms with Crippen molar-refractivity contribution in [2.24, 2.45) is 5.92 Å². The van der Waals surface area contributed by atoms with Gasteiger partial charge in [0.2, 0.25) is 5.91 Å². The van der Waals surface area contributed by atoms with E-state index in [4.69, 9.17) is 4.74 Å². The molecule has 2 aromatic carbocycles. The van der Waals surface area contributed by atoms with E-state index in [-0.39, 0.29) is 11.9 Å².